The van der Waals surface area contributed by atoms with E-state index >= 15 is 0 Å². The molecule has 12 heavy (non-hydrogen) atoms. The molecule has 0 aromatic rings. The van der Waals surface area contributed by atoms with Crippen molar-refractivity contribution in [1.29, 1.82) is 0 Å². The standard InChI is InChI=1S/C9H12N2S/c1-5-7-10-9(12)11(4)8(3)6-2/h1-2,8H,7H2,3-4H3,(H,10,12). The summed E-state index contributed by atoms with van der Waals surface area (Å²) in [7, 11) is 1.83. The van der Waals surface area contributed by atoms with Gasteiger partial charge in [-0.2, -0.15) is 0 Å². The molecule has 0 fully saturated rings. The highest BCUT2D eigenvalue weighted by atomic mass is 32.1. The van der Waals surface area contributed by atoms with E-state index in [1.807, 2.05) is 14.0 Å². The molecule has 0 radical (unpaired) electrons. The number of nitrogens with one attached hydrogen (secondary N) is 1. The van der Waals surface area contributed by atoms with E-state index in [2.05, 4.69) is 17.2 Å². The van der Waals surface area contributed by atoms with Gasteiger partial charge in [0.25, 0.3) is 0 Å². The Kier molecular flexibility index (Phi) is 4.92. The zero-order valence-corrected chi connectivity index (χ0v) is 8.11. The number of rotatable bonds is 2. The average molecular weight is 180 g/mol. The van der Waals surface area contributed by atoms with Crippen LogP contribution >= 0.6 is 12.2 Å². The number of nitrogens with zero attached hydrogens (tertiary/aromatic N) is 1. The highest BCUT2D eigenvalue weighted by Crippen LogP contribution is 1.93. The molecule has 0 saturated carbocycles. The molecule has 3 heteroatoms. The third-order valence-corrected chi connectivity index (χ3v) is 1.92. The summed E-state index contributed by atoms with van der Waals surface area (Å²) in [5.74, 6) is 5.00. The van der Waals surface area contributed by atoms with Crippen molar-refractivity contribution in [3.05, 3.63) is 0 Å². The van der Waals surface area contributed by atoms with Crippen LogP contribution in [0, 0.1) is 24.7 Å². The van der Waals surface area contributed by atoms with E-state index in [4.69, 9.17) is 25.1 Å². The van der Waals surface area contributed by atoms with Gasteiger partial charge in [0, 0.05) is 7.05 Å². The lowest BCUT2D eigenvalue weighted by atomic mass is 10.3. The first-order valence-corrected chi connectivity index (χ1v) is 3.94. The Bertz CT molecular complexity index is 234. The molecular weight excluding hydrogens is 168 g/mol. The summed E-state index contributed by atoms with van der Waals surface area (Å²) in [4.78, 5) is 1.78. The van der Waals surface area contributed by atoms with Gasteiger partial charge >= 0.3 is 0 Å². The second-order valence-electron chi connectivity index (χ2n) is 2.32. The molecule has 0 spiro atoms. The largest absolute Gasteiger partial charge is 0.352 e. The molecule has 0 aromatic carbocycles. The predicted octanol–water partition coefficient (Wildman–Crippen LogP) is 0.448. The summed E-state index contributed by atoms with van der Waals surface area (Å²) >= 11 is 5.01. The maximum atomic E-state index is 5.22. The number of hydrogen-bond donors (Lipinski definition) is 1. The first-order chi connectivity index (χ1) is 5.63. The molecule has 0 bridgehead atoms. The van der Waals surface area contributed by atoms with Crippen LogP contribution in [0.1, 0.15) is 6.92 Å². The third kappa shape index (κ3) is 3.27. The van der Waals surface area contributed by atoms with Crippen LogP contribution in [0.4, 0.5) is 0 Å². The van der Waals surface area contributed by atoms with Crippen molar-refractivity contribution < 1.29 is 0 Å². The van der Waals surface area contributed by atoms with Crippen molar-refractivity contribution >= 4 is 17.3 Å². The fourth-order valence-corrected chi connectivity index (χ4v) is 0.769. The summed E-state index contributed by atoms with van der Waals surface area (Å²) < 4.78 is 0. The Morgan fingerprint density at radius 2 is 2.25 bits per heavy atom. The van der Waals surface area contributed by atoms with Crippen molar-refractivity contribution in [3.63, 3.8) is 0 Å². The normalized spacial score (nSPS) is 10.7. The second-order valence-corrected chi connectivity index (χ2v) is 2.70. The second kappa shape index (κ2) is 5.46. The lowest BCUT2D eigenvalue weighted by Gasteiger charge is -2.23. The molecule has 0 aromatic heterocycles. The van der Waals surface area contributed by atoms with Gasteiger partial charge in [0.15, 0.2) is 5.11 Å². The molecule has 1 N–H and O–H groups in total. The van der Waals surface area contributed by atoms with Crippen molar-refractivity contribution in [2.24, 2.45) is 0 Å². The van der Waals surface area contributed by atoms with E-state index in [0.29, 0.717) is 11.7 Å². The first kappa shape index (κ1) is 10.8. The van der Waals surface area contributed by atoms with Gasteiger partial charge in [-0.15, -0.1) is 12.8 Å². The van der Waals surface area contributed by atoms with Crippen LogP contribution < -0.4 is 5.32 Å². The maximum Gasteiger partial charge on any atom is 0.170 e. The molecule has 0 heterocycles. The smallest absolute Gasteiger partial charge is 0.170 e. The van der Waals surface area contributed by atoms with Gasteiger partial charge in [-0.1, -0.05) is 11.8 Å². The van der Waals surface area contributed by atoms with E-state index in [0.717, 1.165) is 0 Å². The van der Waals surface area contributed by atoms with Gasteiger partial charge in [-0.3, -0.25) is 0 Å². The molecule has 1 unspecified atom stereocenters. The molecule has 64 valence electrons. The van der Waals surface area contributed by atoms with Gasteiger partial charge in [0.1, 0.15) is 0 Å². The van der Waals surface area contributed by atoms with Gasteiger partial charge in [-0.25, -0.2) is 0 Å². The van der Waals surface area contributed by atoms with Crippen LogP contribution in [0.5, 0.6) is 0 Å². The lowest BCUT2D eigenvalue weighted by Crippen LogP contribution is -2.41. The van der Waals surface area contributed by atoms with Crippen LogP contribution in [0.3, 0.4) is 0 Å². The average Bonchev–Trinajstić information content (AvgIpc) is 2.11. The number of thiocarbonyl (C=S) groups is 1. The third-order valence-electron chi connectivity index (χ3n) is 1.48. The molecule has 0 aliphatic carbocycles. The summed E-state index contributed by atoms with van der Waals surface area (Å²) in [5.41, 5.74) is 0. The highest BCUT2D eigenvalue weighted by Gasteiger charge is 2.07. The fraction of sp³-hybridized carbons (Fsp3) is 0.444. The zero-order valence-electron chi connectivity index (χ0n) is 7.29. The Labute approximate surface area is 79.3 Å². The summed E-state index contributed by atoms with van der Waals surface area (Å²) in [6.45, 7) is 2.32. The van der Waals surface area contributed by atoms with Gasteiger partial charge < -0.3 is 10.2 Å². The quantitative estimate of drug-likeness (QED) is 0.490. The predicted molar refractivity (Wildman–Crippen MR) is 55.5 cm³/mol. The topological polar surface area (TPSA) is 15.3 Å². The van der Waals surface area contributed by atoms with Gasteiger partial charge in [-0.05, 0) is 19.1 Å². The van der Waals surface area contributed by atoms with Crippen molar-refractivity contribution in [2.45, 2.75) is 13.0 Å². The molecule has 0 aliphatic heterocycles. The van der Waals surface area contributed by atoms with Crippen LogP contribution in [0.15, 0.2) is 0 Å². The monoisotopic (exact) mass is 180 g/mol. The first-order valence-electron chi connectivity index (χ1n) is 3.53. The van der Waals surface area contributed by atoms with Gasteiger partial charge in [0.2, 0.25) is 0 Å². The van der Waals surface area contributed by atoms with Crippen LogP contribution in [0.2, 0.25) is 0 Å². The molecular formula is C9H12N2S. The molecule has 0 saturated heterocycles. The summed E-state index contributed by atoms with van der Waals surface area (Å²) in [6, 6.07) is -0.0113. The van der Waals surface area contributed by atoms with E-state index in [1.165, 1.54) is 0 Å². The SMILES string of the molecule is C#CCNC(=S)N(C)C(C)C#C. The van der Waals surface area contributed by atoms with Crippen LogP contribution in [-0.4, -0.2) is 29.6 Å². The van der Waals surface area contributed by atoms with Crippen LogP contribution in [0.25, 0.3) is 0 Å². The Morgan fingerprint density at radius 3 is 2.67 bits per heavy atom. The molecule has 1 atom stereocenters. The van der Waals surface area contributed by atoms with Crippen molar-refractivity contribution in [2.75, 3.05) is 13.6 Å². The number of hydrogen-bond acceptors (Lipinski definition) is 1. The van der Waals surface area contributed by atoms with E-state index < -0.39 is 0 Å². The van der Waals surface area contributed by atoms with Gasteiger partial charge in [0.05, 0.1) is 12.6 Å². The van der Waals surface area contributed by atoms with Crippen LogP contribution in [-0.2, 0) is 0 Å². The minimum Gasteiger partial charge on any atom is -0.352 e. The fourth-order valence-electron chi connectivity index (χ4n) is 0.539. The van der Waals surface area contributed by atoms with E-state index in [-0.39, 0.29) is 6.04 Å². The zero-order chi connectivity index (χ0) is 9.56. The summed E-state index contributed by atoms with van der Waals surface area (Å²) in [5, 5.41) is 3.45. The maximum absolute atomic E-state index is 5.22. The Hall–Kier alpha value is -1.19. The molecule has 0 amide bonds. The molecule has 0 rings (SSSR count). The van der Waals surface area contributed by atoms with E-state index in [9.17, 15) is 0 Å². The van der Waals surface area contributed by atoms with E-state index in [1.54, 1.807) is 4.90 Å². The van der Waals surface area contributed by atoms with Crippen molar-refractivity contribution in [3.8, 4) is 24.7 Å². The molecule has 2 nitrogen and oxygen atoms in total. The molecule has 0 aliphatic rings. The number of terminal acetylenes is 2. The Morgan fingerprint density at radius 1 is 1.67 bits per heavy atom. The highest BCUT2D eigenvalue weighted by molar-refractivity contribution is 7.80. The minimum atomic E-state index is -0.0113. The Balaban J connectivity index is 3.96. The lowest BCUT2D eigenvalue weighted by molar-refractivity contribution is 0.458. The summed E-state index contributed by atoms with van der Waals surface area (Å²) in [6.07, 6.45) is 10.3. The minimum absolute atomic E-state index is 0.0113. The van der Waals surface area contributed by atoms with Crippen molar-refractivity contribution in [1.82, 2.24) is 10.2 Å².